The number of hydrogen-bond acceptors (Lipinski definition) is 2. The first-order valence-corrected chi connectivity index (χ1v) is 9.12. The van der Waals surface area contributed by atoms with Gasteiger partial charge in [0.15, 0.2) is 0 Å². The molecule has 0 aromatic carbocycles. The van der Waals surface area contributed by atoms with Crippen molar-refractivity contribution in [2.75, 3.05) is 6.54 Å². The molecule has 0 aliphatic heterocycles. The summed E-state index contributed by atoms with van der Waals surface area (Å²) in [6, 6.07) is 0. The molecule has 0 aromatic rings. The molecule has 0 aromatic heterocycles. The molecule has 0 saturated heterocycles. The largest absolute Gasteiger partial charge is 0.151 e. The van der Waals surface area contributed by atoms with Gasteiger partial charge in [-0.15, -0.1) is 0 Å². The summed E-state index contributed by atoms with van der Waals surface area (Å²) in [6.45, 7) is 2.79. The Morgan fingerprint density at radius 3 is 1.35 bits per heavy atom. The van der Waals surface area contributed by atoms with Crippen LogP contribution < -0.4 is 0 Å². The smallest absolute Gasteiger partial charge is 0.0867 e. The summed E-state index contributed by atoms with van der Waals surface area (Å²) < 4.78 is 0. The van der Waals surface area contributed by atoms with Gasteiger partial charge in [-0.3, -0.25) is 0 Å². The maximum absolute atomic E-state index is 10.8. The number of nitrogens with zero attached hydrogens (tertiary/aromatic N) is 1. The molecule has 1 aliphatic carbocycles. The van der Waals surface area contributed by atoms with Crippen molar-refractivity contribution in [1.29, 1.82) is 0 Å². The Hall–Kier alpha value is -0.400. The van der Waals surface area contributed by atoms with Gasteiger partial charge in [-0.1, -0.05) is 89.2 Å². The molecule has 0 unspecified atom stereocenters. The third-order valence-corrected chi connectivity index (χ3v) is 5.31. The van der Waals surface area contributed by atoms with Crippen molar-refractivity contribution in [2.45, 2.75) is 103 Å². The van der Waals surface area contributed by atoms with Gasteiger partial charge in [-0.05, 0) is 24.7 Å². The molecule has 20 heavy (non-hydrogen) atoms. The van der Waals surface area contributed by atoms with Crippen molar-refractivity contribution in [3.8, 4) is 0 Å². The highest BCUT2D eigenvalue weighted by atomic mass is 16.3. The zero-order valence-corrected chi connectivity index (χ0v) is 13.7. The third kappa shape index (κ3) is 7.40. The Balaban J connectivity index is 2.44. The van der Waals surface area contributed by atoms with E-state index >= 15 is 0 Å². The van der Waals surface area contributed by atoms with Crippen molar-refractivity contribution in [1.82, 2.24) is 0 Å². The van der Waals surface area contributed by atoms with Crippen LogP contribution in [0.5, 0.6) is 0 Å². The molecule has 0 atom stereocenters. The molecule has 0 amide bonds. The second kappa shape index (κ2) is 11.3. The fourth-order valence-corrected chi connectivity index (χ4v) is 3.65. The van der Waals surface area contributed by atoms with E-state index in [2.05, 4.69) is 12.1 Å². The van der Waals surface area contributed by atoms with Crippen molar-refractivity contribution in [2.24, 2.45) is 10.6 Å². The maximum Gasteiger partial charge on any atom is 0.0867 e. The number of nitroso groups, excluding NO2 is 1. The molecule has 0 bridgehead atoms. The first kappa shape index (κ1) is 17.7. The van der Waals surface area contributed by atoms with Crippen LogP contribution in [0, 0.1) is 10.3 Å². The van der Waals surface area contributed by atoms with E-state index in [9.17, 15) is 4.91 Å². The Kier molecular flexibility index (Phi) is 9.96. The van der Waals surface area contributed by atoms with E-state index in [0.29, 0.717) is 6.54 Å². The second-order valence-electron chi connectivity index (χ2n) is 6.88. The topological polar surface area (TPSA) is 29.4 Å². The minimum atomic E-state index is 0.224. The van der Waals surface area contributed by atoms with Gasteiger partial charge in [0.25, 0.3) is 0 Å². The van der Waals surface area contributed by atoms with Crippen LogP contribution in [0.25, 0.3) is 0 Å². The lowest BCUT2D eigenvalue weighted by molar-refractivity contribution is 0.222. The van der Waals surface area contributed by atoms with Crippen LogP contribution in [0.3, 0.4) is 0 Å². The molecule has 2 nitrogen and oxygen atoms in total. The SMILES string of the molecule is CCC1(CN=O)CCCCCCCCCCCCCC1. The average Bonchev–Trinajstić information content (AvgIpc) is 2.47. The molecule has 0 spiro atoms. The maximum atomic E-state index is 10.8. The molecule has 1 rings (SSSR count). The molecule has 0 radical (unpaired) electrons. The normalized spacial score (nSPS) is 23.4. The van der Waals surface area contributed by atoms with E-state index in [1.54, 1.807) is 0 Å². The van der Waals surface area contributed by atoms with Crippen LogP contribution in [0.4, 0.5) is 0 Å². The summed E-state index contributed by atoms with van der Waals surface area (Å²) in [4.78, 5) is 10.8. The van der Waals surface area contributed by atoms with Gasteiger partial charge < -0.3 is 0 Å². The van der Waals surface area contributed by atoms with E-state index in [0.717, 1.165) is 6.42 Å². The molecular weight excluding hydrogens is 246 g/mol. The zero-order chi connectivity index (χ0) is 14.5. The van der Waals surface area contributed by atoms with Gasteiger partial charge in [0, 0.05) is 0 Å². The molecule has 118 valence electrons. The molecule has 1 saturated carbocycles. The zero-order valence-electron chi connectivity index (χ0n) is 13.7. The van der Waals surface area contributed by atoms with Crippen LogP contribution in [0.2, 0.25) is 0 Å². The van der Waals surface area contributed by atoms with Gasteiger partial charge in [0.1, 0.15) is 0 Å². The van der Waals surface area contributed by atoms with Crippen molar-refractivity contribution >= 4 is 0 Å². The highest BCUT2D eigenvalue weighted by Gasteiger charge is 2.27. The van der Waals surface area contributed by atoms with Gasteiger partial charge in [-0.2, -0.15) is 4.91 Å². The quantitative estimate of drug-likeness (QED) is 0.534. The lowest BCUT2D eigenvalue weighted by Gasteiger charge is -2.30. The predicted octanol–water partition coefficient (Wildman–Crippen LogP) is 6.62. The first-order chi connectivity index (χ1) is 9.83. The van der Waals surface area contributed by atoms with Crippen LogP contribution in [0.15, 0.2) is 5.18 Å². The predicted molar refractivity (Wildman–Crippen MR) is 88.0 cm³/mol. The Bertz CT molecular complexity index is 224. The van der Waals surface area contributed by atoms with Gasteiger partial charge >= 0.3 is 0 Å². The van der Waals surface area contributed by atoms with Crippen LogP contribution in [-0.4, -0.2) is 6.54 Å². The minimum Gasteiger partial charge on any atom is -0.151 e. The van der Waals surface area contributed by atoms with E-state index in [1.807, 2.05) is 0 Å². The summed E-state index contributed by atoms with van der Waals surface area (Å²) in [5.41, 5.74) is 0.224. The lowest BCUT2D eigenvalue weighted by atomic mass is 9.76. The summed E-state index contributed by atoms with van der Waals surface area (Å²) in [5.74, 6) is 0. The minimum absolute atomic E-state index is 0.224. The fraction of sp³-hybridized carbons (Fsp3) is 1.00. The molecule has 1 fully saturated rings. The van der Waals surface area contributed by atoms with Crippen LogP contribution in [0.1, 0.15) is 103 Å². The standard InChI is InChI=1S/C18H35NO/c1-2-18(17-19-20)15-13-11-9-7-5-3-4-6-8-10-12-14-16-18/h2-17H2,1H3. The van der Waals surface area contributed by atoms with Gasteiger partial charge in [0.2, 0.25) is 0 Å². The Labute approximate surface area is 126 Å². The van der Waals surface area contributed by atoms with Crippen LogP contribution in [-0.2, 0) is 0 Å². The average molecular weight is 281 g/mol. The summed E-state index contributed by atoms with van der Waals surface area (Å²) in [6.07, 6.45) is 20.2. The Morgan fingerprint density at radius 1 is 0.700 bits per heavy atom. The molecule has 0 heterocycles. The lowest BCUT2D eigenvalue weighted by Crippen LogP contribution is -2.23. The Morgan fingerprint density at radius 2 is 1.05 bits per heavy atom. The van der Waals surface area contributed by atoms with E-state index in [1.165, 1.54) is 89.9 Å². The molecule has 1 aliphatic rings. The van der Waals surface area contributed by atoms with Crippen molar-refractivity contribution < 1.29 is 0 Å². The first-order valence-electron chi connectivity index (χ1n) is 9.12. The fourth-order valence-electron chi connectivity index (χ4n) is 3.65. The molecule has 2 heteroatoms. The van der Waals surface area contributed by atoms with Crippen LogP contribution >= 0.6 is 0 Å². The summed E-state index contributed by atoms with van der Waals surface area (Å²) in [5, 5.41) is 3.27. The second-order valence-corrected chi connectivity index (χ2v) is 6.88. The summed E-state index contributed by atoms with van der Waals surface area (Å²) in [7, 11) is 0. The molecular formula is C18H35NO. The van der Waals surface area contributed by atoms with E-state index < -0.39 is 0 Å². The molecule has 0 N–H and O–H groups in total. The highest BCUT2D eigenvalue weighted by molar-refractivity contribution is 4.80. The summed E-state index contributed by atoms with van der Waals surface area (Å²) >= 11 is 0. The number of rotatable bonds is 3. The van der Waals surface area contributed by atoms with Crippen molar-refractivity contribution in [3.63, 3.8) is 0 Å². The number of hydrogen-bond donors (Lipinski definition) is 0. The van der Waals surface area contributed by atoms with E-state index in [-0.39, 0.29) is 5.41 Å². The monoisotopic (exact) mass is 281 g/mol. The third-order valence-electron chi connectivity index (χ3n) is 5.31. The van der Waals surface area contributed by atoms with Gasteiger partial charge in [-0.25, -0.2) is 0 Å². The van der Waals surface area contributed by atoms with E-state index in [4.69, 9.17) is 0 Å². The van der Waals surface area contributed by atoms with Crippen molar-refractivity contribution in [3.05, 3.63) is 4.91 Å². The van der Waals surface area contributed by atoms with Gasteiger partial charge in [0.05, 0.1) is 6.54 Å². The highest BCUT2D eigenvalue weighted by Crippen LogP contribution is 2.36.